The smallest absolute Gasteiger partial charge is 0.232 e. The summed E-state index contributed by atoms with van der Waals surface area (Å²) in [6, 6.07) is 0. The minimum Gasteiger partial charge on any atom is -0.232 e. The maximum Gasteiger partial charge on any atom is 0.244 e. The first-order chi connectivity index (χ1) is 4.11. The summed E-state index contributed by atoms with van der Waals surface area (Å²) in [5, 5.41) is 7.93. The predicted octanol–water partition coefficient (Wildman–Crippen LogP) is -1.88. The van der Waals surface area contributed by atoms with Gasteiger partial charge in [-0.05, 0) is 0 Å². The molecular weight excluding hydrogens is 146 g/mol. The minimum absolute atomic E-state index is 1.06. The predicted molar refractivity (Wildman–Crippen MR) is 29.6 cm³/mol. The number of nitrogens with zero attached hydrogens (tertiary/aromatic N) is 1. The van der Waals surface area contributed by atoms with Crippen LogP contribution in [0.3, 0.4) is 0 Å². The fourth-order valence-electron chi connectivity index (χ4n) is 0.356. The third-order valence-corrected chi connectivity index (χ3v) is 1.61. The molecule has 0 saturated carbocycles. The molecule has 0 bridgehead atoms. The van der Waals surface area contributed by atoms with Gasteiger partial charge in [0.1, 0.15) is 0 Å². The maximum atomic E-state index is 10.4. The molecule has 0 aliphatic carbocycles. The SMILES string of the molecule is NS(=O)(=O)C1C=NNO1. The van der Waals surface area contributed by atoms with Gasteiger partial charge in [0.15, 0.2) is 0 Å². The average molecular weight is 151 g/mol. The largest absolute Gasteiger partial charge is 0.244 e. The average Bonchev–Trinajstić information content (AvgIpc) is 2.08. The zero-order chi connectivity index (χ0) is 6.91. The summed E-state index contributed by atoms with van der Waals surface area (Å²) in [7, 11) is -3.64. The van der Waals surface area contributed by atoms with Crippen LogP contribution >= 0.6 is 0 Å². The number of hydrogen-bond donors (Lipinski definition) is 2. The molecule has 0 amide bonds. The number of hydrogen-bond acceptors (Lipinski definition) is 5. The number of nitrogens with two attached hydrogens (primary N) is 1. The molecule has 0 aromatic carbocycles. The topological polar surface area (TPSA) is 93.8 Å². The van der Waals surface area contributed by atoms with Crippen LogP contribution in [0.2, 0.25) is 0 Å². The molecular formula is C2H5N3O3S. The normalized spacial score (nSPS) is 26.1. The molecule has 0 radical (unpaired) electrons. The van der Waals surface area contributed by atoms with E-state index in [1.54, 1.807) is 0 Å². The summed E-state index contributed by atoms with van der Waals surface area (Å²) >= 11 is 0. The van der Waals surface area contributed by atoms with E-state index in [0.717, 1.165) is 6.21 Å². The molecule has 1 rings (SSSR count). The molecule has 0 spiro atoms. The lowest BCUT2D eigenvalue weighted by Crippen LogP contribution is -2.30. The zero-order valence-electron chi connectivity index (χ0n) is 4.31. The zero-order valence-corrected chi connectivity index (χ0v) is 5.13. The Morgan fingerprint density at radius 2 is 2.44 bits per heavy atom. The molecule has 1 unspecified atom stereocenters. The summed E-state index contributed by atoms with van der Waals surface area (Å²) in [6.45, 7) is 0. The van der Waals surface area contributed by atoms with Crippen LogP contribution in [0.15, 0.2) is 5.10 Å². The number of rotatable bonds is 1. The molecule has 0 aromatic heterocycles. The molecule has 1 atom stereocenters. The second-order valence-electron chi connectivity index (χ2n) is 1.44. The lowest BCUT2D eigenvalue weighted by molar-refractivity contribution is 0.0729. The highest BCUT2D eigenvalue weighted by atomic mass is 32.2. The van der Waals surface area contributed by atoms with Crippen molar-refractivity contribution < 1.29 is 13.3 Å². The standard InChI is InChI=1S/C2H5N3O3S/c3-9(6,7)2-1-4-5-8-2/h1-2,5H,(H2,3,6,7). The Kier molecular flexibility index (Phi) is 1.39. The monoisotopic (exact) mass is 151 g/mol. The summed E-state index contributed by atoms with van der Waals surface area (Å²) < 4.78 is 20.7. The van der Waals surface area contributed by atoms with Crippen molar-refractivity contribution in [1.29, 1.82) is 0 Å². The van der Waals surface area contributed by atoms with Gasteiger partial charge in [0.25, 0.3) is 0 Å². The molecule has 7 heteroatoms. The summed E-state index contributed by atoms with van der Waals surface area (Å²) in [6.07, 6.45) is 1.06. The third-order valence-electron chi connectivity index (χ3n) is 0.742. The summed E-state index contributed by atoms with van der Waals surface area (Å²) in [4.78, 5) is 4.33. The molecule has 1 heterocycles. The molecule has 6 nitrogen and oxygen atoms in total. The van der Waals surface area contributed by atoms with E-state index in [9.17, 15) is 8.42 Å². The van der Waals surface area contributed by atoms with E-state index in [1.807, 2.05) is 5.59 Å². The van der Waals surface area contributed by atoms with Gasteiger partial charge in [-0.2, -0.15) is 10.7 Å². The van der Waals surface area contributed by atoms with Crippen molar-refractivity contribution >= 4 is 16.2 Å². The second-order valence-corrected chi connectivity index (χ2v) is 3.09. The molecule has 1 aliphatic rings. The summed E-state index contributed by atoms with van der Waals surface area (Å²) in [5.41, 5.74) is 0.848. The highest BCUT2D eigenvalue weighted by molar-refractivity contribution is 7.90. The van der Waals surface area contributed by atoms with Crippen LogP contribution in [0.4, 0.5) is 0 Å². The van der Waals surface area contributed by atoms with Crippen LogP contribution in [0.1, 0.15) is 0 Å². The molecule has 1 aliphatic heterocycles. The maximum absolute atomic E-state index is 10.4. The van der Waals surface area contributed by atoms with Crippen LogP contribution in [-0.2, 0) is 14.9 Å². The minimum atomic E-state index is -3.64. The van der Waals surface area contributed by atoms with Gasteiger partial charge in [-0.1, -0.05) is 0 Å². The quantitative estimate of drug-likeness (QED) is 0.458. The van der Waals surface area contributed by atoms with E-state index in [4.69, 9.17) is 0 Å². The molecule has 9 heavy (non-hydrogen) atoms. The number of sulfonamides is 1. The highest BCUT2D eigenvalue weighted by Crippen LogP contribution is 1.96. The lowest BCUT2D eigenvalue weighted by Gasteiger charge is -1.99. The Hall–Kier alpha value is -0.660. The van der Waals surface area contributed by atoms with E-state index < -0.39 is 15.5 Å². The van der Waals surface area contributed by atoms with Gasteiger partial charge in [-0.25, -0.2) is 18.4 Å². The van der Waals surface area contributed by atoms with E-state index in [1.165, 1.54) is 0 Å². The molecule has 52 valence electrons. The van der Waals surface area contributed by atoms with Gasteiger partial charge in [0, 0.05) is 0 Å². The van der Waals surface area contributed by atoms with Crippen molar-refractivity contribution in [3.63, 3.8) is 0 Å². The van der Waals surface area contributed by atoms with E-state index in [2.05, 4.69) is 15.1 Å². The first-order valence-electron chi connectivity index (χ1n) is 2.06. The molecule has 0 saturated heterocycles. The molecule has 0 fully saturated rings. The van der Waals surface area contributed by atoms with Crippen molar-refractivity contribution in [3.8, 4) is 0 Å². The number of nitrogens with one attached hydrogen (secondary N) is 1. The van der Waals surface area contributed by atoms with Crippen LogP contribution in [-0.4, -0.2) is 20.1 Å². The van der Waals surface area contributed by atoms with Crippen molar-refractivity contribution in [2.24, 2.45) is 10.2 Å². The fourth-order valence-corrected chi connectivity index (χ4v) is 0.764. The third kappa shape index (κ3) is 1.37. The van der Waals surface area contributed by atoms with Crippen molar-refractivity contribution in [3.05, 3.63) is 0 Å². The van der Waals surface area contributed by atoms with Crippen LogP contribution < -0.4 is 10.7 Å². The summed E-state index contributed by atoms with van der Waals surface area (Å²) in [5.74, 6) is 0. The van der Waals surface area contributed by atoms with Crippen LogP contribution in [0.5, 0.6) is 0 Å². The Balaban J connectivity index is 2.76. The second kappa shape index (κ2) is 1.94. The van der Waals surface area contributed by atoms with Gasteiger partial charge < -0.3 is 0 Å². The first-order valence-corrected chi connectivity index (χ1v) is 3.67. The Morgan fingerprint density at radius 1 is 1.78 bits per heavy atom. The van der Waals surface area contributed by atoms with E-state index in [0.29, 0.717) is 0 Å². The van der Waals surface area contributed by atoms with Gasteiger partial charge in [-0.15, -0.1) is 0 Å². The molecule has 0 aromatic rings. The van der Waals surface area contributed by atoms with Gasteiger partial charge in [-0.3, -0.25) is 0 Å². The Morgan fingerprint density at radius 3 is 2.67 bits per heavy atom. The highest BCUT2D eigenvalue weighted by Gasteiger charge is 2.23. The van der Waals surface area contributed by atoms with Crippen molar-refractivity contribution in [1.82, 2.24) is 5.59 Å². The first kappa shape index (κ1) is 6.46. The van der Waals surface area contributed by atoms with Crippen LogP contribution in [0, 0.1) is 0 Å². The molecule has 3 N–H and O–H groups in total. The van der Waals surface area contributed by atoms with Gasteiger partial charge in [0.05, 0.1) is 6.21 Å². The Labute approximate surface area is 51.7 Å². The van der Waals surface area contributed by atoms with Crippen molar-refractivity contribution in [2.75, 3.05) is 0 Å². The van der Waals surface area contributed by atoms with E-state index >= 15 is 0 Å². The van der Waals surface area contributed by atoms with E-state index in [-0.39, 0.29) is 0 Å². The Bertz CT molecular complexity index is 219. The van der Waals surface area contributed by atoms with Crippen molar-refractivity contribution in [2.45, 2.75) is 5.44 Å². The van der Waals surface area contributed by atoms with Crippen LogP contribution in [0.25, 0.3) is 0 Å². The number of hydrazone groups is 1. The number of primary sulfonamides is 1. The van der Waals surface area contributed by atoms with Gasteiger partial charge in [0.2, 0.25) is 15.5 Å². The van der Waals surface area contributed by atoms with Gasteiger partial charge >= 0.3 is 0 Å². The lowest BCUT2D eigenvalue weighted by atomic mass is 10.8. The fraction of sp³-hybridized carbons (Fsp3) is 0.500.